The van der Waals surface area contributed by atoms with Gasteiger partial charge in [-0.3, -0.25) is 14.4 Å². The first-order valence-electron chi connectivity index (χ1n) is 5.60. The average molecular weight is 330 g/mol. The van der Waals surface area contributed by atoms with Crippen molar-refractivity contribution in [1.29, 1.82) is 0 Å². The lowest BCUT2D eigenvalue weighted by Crippen LogP contribution is -2.45. The highest BCUT2D eigenvalue weighted by Crippen LogP contribution is 2.38. The summed E-state index contributed by atoms with van der Waals surface area (Å²) in [7, 11) is 0. The topological polar surface area (TPSA) is 81.7 Å². The summed E-state index contributed by atoms with van der Waals surface area (Å²) < 4.78 is 10.8. The lowest BCUT2D eigenvalue weighted by Gasteiger charge is -2.32. The monoisotopic (exact) mass is 329 g/mol. The molecule has 1 N–H and O–H groups in total. The maximum Gasteiger partial charge on any atom is 0.308 e. The molecule has 6 nitrogen and oxygen atoms in total. The first kappa shape index (κ1) is 13.8. The number of fused-ring (bicyclic) bond motifs is 1. The molecule has 0 aromatic rings. The van der Waals surface area contributed by atoms with Crippen LogP contribution < -0.4 is 5.32 Å². The van der Waals surface area contributed by atoms with Crippen molar-refractivity contribution in [2.24, 2.45) is 0 Å². The normalized spacial score (nSPS) is 28.8. The maximum atomic E-state index is 11.5. The summed E-state index contributed by atoms with van der Waals surface area (Å²) in [5, 5.41) is 2.68. The smallest absolute Gasteiger partial charge is 0.308 e. The molecule has 2 aliphatic rings. The van der Waals surface area contributed by atoms with Crippen LogP contribution >= 0.6 is 15.9 Å². The minimum Gasteiger partial charge on any atom is -0.452 e. The van der Waals surface area contributed by atoms with Crippen molar-refractivity contribution in [3.8, 4) is 0 Å². The lowest BCUT2D eigenvalue weighted by atomic mass is 9.89. The number of rotatable bonds is 2. The maximum absolute atomic E-state index is 11.5. The molecule has 2 rings (SSSR count). The van der Waals surface area contributed by atoms with Crippen molar-refractivity contribution < 1.29 is 23.9 Å². The fourth-order valence-corrected chi connectivity index (χ4v) is 2.78. The van der Waals surface area contributed by atoms with Crippen molar-refractivity contribution in [3.63, 3.8) is 0 Å². The van der Waals surface area contributed by atoms with Gasteiger partial charge >= 0.3 is 11.9 Å². The van der Waals surface area contributed by atoms with E-state index in [0.29, 0.717) is 10.2 Å². The largest absolute Gasteiger partial charge is 0.452 e. The molecule has 1 saturated heterocycles. The Bertz CT molecular complexity index is 524. The standard InChI is InChI=1S/C12H12BrNO5/c1-6(15)18-9-3-10-12(4-8(9)13,19-7(2)16)5-11(17)14-10/h3-4,10H,5H2,1-2H3,(H,14,17)/t10-,12+/m0/s1. The number of esters is 2. The highest BCUT2D eigenvalue weighted by Gasteiger charge is 2.50. The number of hydrogen-bond acceptors (Lipinski definition) is 5. The molecular formula is C12H12BrNO5. The molecule has 0 unspecified atom stereocenters. The van der Waals surface area contributed by atoms with Crippen molar-refractivity contribution in [2.45, 2.75) is 31.9 Å². The van der Waals surface area contributed by atoms with Gasteiger partial charge in [0.15, 0.2) is 5.60 Å². The van der Waals surface area contributed by atoms with Gasteiger partial charge in [-0.1, -0.05) is 0 Å². The molecule has 1 amide bonds. The highest BCUT2D eigenvalue weighted by atomic mass is 79.9. The number of halogens is 1. The summed E-state index contributed by atoms with van der Waals surface area (Å²) in [5.41, 5.74) is -1.06. The van der Waals surface area contributed by atoms with Crippen molar-refractivity contribution in [3.05, 3.63) is 22.4 Å². The molecule has 1 fully saturated rings. The quantitative estimate of drug-likeness (QED) is 0.762. The van der Waals surface area contributed by atoms with Crippen LogP contribution in [0, 0.1) is 0 Å². The van der Waals surface area contributed by atoms with Crippen molar-refractivity contribution in [2.75, 3.05) is 0 Å². The second kappa shape index (κ2) is 4.80. The number of carbonyl (C=O) groups is 3. The second-order valence-corrected chi connectivity index (χ2v) is 5.24. The van der Waals surface area contributed by atoms with Crippen LogP contribution in [0.1, 0.15) is 20.3 Å². The average Bonchev–Trinajstić information content (AvgIpc) is 2.51. The minimum absolute atomic E-state index is 0.0379. The zero-order valence-corrected chi connectivity index (χ0v) is 11.9. The molecular weight excluding hydrogens is 318 g/mol. The van der Waals surface area contributed by atoms with Gasteiger partial charge in [0, 0.05) is 13.8 Å². The number of amides is 1. The van der Waals surface area contributed by atoms with E-state index in [4.69, 9.17) is 9.47 Å². The van der Waals surface area contributed by atoms with Crippen LogP contribution in [0.25, 0.3) is 0 Å². The van der Waals surface area contributed by atoms with Crippen LogP contribution in [-0.4, -0.2) is 29.5 Å². The molecule has 1 aliphatic carbocycles. The molecule has 1 heterocycles. The predicted octanol–water partition coefficient (Wildman–Crippen LogP) is 0.916. The van der Waals surface area contributed by atoms with E-state index in [1.165, 1.54) is 13.8 Å². The summed E-state index contributed by atoms with van der Waals surface area (Å²) >= 11 is 3.25. The van der Waals surface area contributed by atoms with Crippen LogP contribution in [0.4, 0.5) is 0 Å². The highest BCUT2D eigenvalue weighted by molar-refractivity contribution is 9.12. The van der Waals surface area contributed by atoms with Crippen LogP contribution in [-0.2, 0) is 23.9 Å². The molecule has 2 atom stereocenters. The zero-order valence-electron chi connectivity index (χ0n) is 10.4. The van der Waals surface area contributed by atoms with Crippen LogP contribution in [0.2, 0.25) is 0 Å². The van der Waals surface area contributed by atoms with E-state index in [0.717, 1.165) is 0 Å². The summed E-state index contributed by atoms with van der Waals surface area (Å²) in [5.74, 6) is -0.895. The fourth-order valence-electron chi connectivity index (χ4n) is 2.18. The Labute approximate surface area is 117 Å². The first-order valence-corrected chi connectivity index (χ1v) is 6.39. The molecule has 0 spiro atoms. The van der Waals surface area contributed by atoms with E-state index in [1.807, 2.05) is 0 Å². The van der Waals surface area contributed by atoms with Gasteiger partial charge < -0.3 is 14.8 Å². The van der Waals surface area contributed by atoms with Gasteiger partial charge in [0.1, 0.15) is 5.76 Å². The lowest BCUT2D eigenvalue weighted by molar-refractivity contribution is -0.153. The molecule has 0 bridgehead atoms. The molecule has 0 aromatic heterocycles. The summed E-state index contributed by atoms with van der Waals surface area (Å²) in [6.45, 7) is 2.56. The third-order valence-corrected chi connectivity index (χ3v) is 3.41. The minimum atomic E-state index is -1.06. The fraction of sp³-hybridized carbons (Fsp3) is 0.417. The number of allylic oxidation sites excluding steroid dienone is 1. The van der Waals surface area contributed by atoms with Gasteiger partial charge in [0.05, 0.1) is 16.9 Å². The van der Waals surface area contributed by atoms with Crippen molar-refractivity contribution >= 4 is 33.8 Å². The number of hydrogen-bond donors (Lipinski definition) is 1. The first-order chi connectivity index (χ1) is 8.82. The van der Waals surface area contributed by atoms with Crippen LogP contribution in [0.15, 0.2) is 22.4 Å². The number of nitrogens with one attached hydrogen (secondary N) is 1. The molecule has 1 aliphatic heterocycles. The Kier molecular flexibility index (Phi) is 3.49. The molecule has 0 aromatic carbocycles. The number of ether oxygens (including phenoxy) is 2. The van der Waals surface area contributed by atoms with Gasteiger partial charge in [0.2, 0.25) is 5.91 Å². The Hall–Kier alpha value is -1.63. The van der Waals surface area contributed by atoms with Gasteiger partial charge in [-0.15, -0.1) is 0 Å². The van der Waals surface area contributed by atoms with Crippen molar-refractivity contribution in [1.82, 2.24) is 5.32 Å². The Balaban J connectivity index is 2.35. The van der Waals surface area contributed by atoms with E-state index in [-0.39, 0.29) is 12.3 Å². The summed E-state index contributed by atoms with van der Waals surface area (Å²) in [6.07, 6.45) is 3.17. The SMILES string of the molecule is CC(=O)OC1=C[C@@H]2NC(=O)C[C@]2(OC(C)=O)C=C1Br. The van der Waals surface area contributed by atoms with E-state index in [9.17, 15) is 14.4 Å². The Morgan fingerprint density at radius 2 is 2.11 bits per heavy atom. The van der Waals surface area contributed by atoms with Gasteiger partial charge in [0.25, 0.3) is 0 Å². The van der Waals surface area contributed by atoms with Gasteiger partial charge in [-0.05, 0) is 28.1 Å². The molecule has 102 valence electrons. The summed E-state index contributed by atoms with van der Waals surface area (Å²) in [6, 6.07) is -0.542. The van der Waals surface area contributed by atoms with E-state index in [1.54, 1.807) is 12.2 Å². The van der Waals surface area contributed by atoms with E-state index >= 15 is 0 Å². The molecule has 0 saturated carbocycles. The van der Waals surface area contributed by atoms with Crippen LogP contribution in [0.5, 0.6) is 0 Å². The molecule has 7 heteroatoms. The van der Waals surface area contributed by atoms with Crippen LogP contribution in [0.3, 0.4) is 0 Å². The van der Waals surface area contributed by atoms with E-state index < -0.39 is 23.6 Å². The summed E-state index contributed by atoms with van der Waals surface area (Å²) in [4.78, 5) is 33.7. The Morgan fingerprint density at radius 3 is 2.68 bits per heavy atom. The zero-order chi connectivity index (χ0) is 14.2. The van der Waals surface area contributed by atoms with Gasteiger partial charge in [-0.25, -0.2) is 0 Å². The number of carbonyl (C=O) groups excluding carboxylic acids is 3. The Morgan fingerprint density at radius 1 is 1.42 bits per heavy atom. The predicted molar refractivity (Wildman–Crippen MR) is 67.9 cm³/mol. The van der Waals surface area contributed by atoms with Gasteiger partial charge in [-0.2, -0.15) is 0 Å². The molecule has 0 radical (unpaired) electrons. The second-order valence-electron chi connectivity index (χ2n) is 4.39. The van der Waals surface area contributed by atoms with E-state index in [2.05, 4.69) is 21.2 Å². The molecule has 19 heavy (non-hydrogen) atoms. The third-order valence-electron chi connectivity index (χ3n) is 2.79. The third kappa shape index (κ3) is 2.70.